The number of hydrogen-bond donors (Lipinski definition) is 0. The van der Waals surface area contributed by atoms with Crippen molar-refractivity contribution in [3.05, 3.63) is 22.4 Å². The van der Waals surface area contributed by atoms with Gasteiger partial charge in [-0.1, -0.05) is 26.8 Å². The van der Waals surface area contributed by atoms with Gasteiger partial charge in [0.1, 0.15) is 6.04 Å². The third-order valence-corrected chi connectivity index (χ3v) is 6.30. The van der Waals surface area contributed by atoms with Crippen molar-refractivity contribution in [2.45, 2.75) is 51.4 Å². The minimum atomic E-state index is -0.322. The molecule has 2 unspecified atom stereocenters. The van der Waals surface area contributed by atoms with Crippen molar-refractivity contribution in [2.24, 2.45) is 0 Å². The SMILES string of the molecule is CCCN(CCC)C(=O)C1CSC(CC)N1C(=O)c1cccs1. The molecule has 128 valence electrons. The first-order valence-corrected chi connectivity index (χ1v) is 10.3. The van der Waals surface area contributed by atoms with Crippen LogP contribution in [0.2, 0.25) is 0 Å². The molecule has 2 amide bonds. The van der Waals surface area contributed by atoms with E-state index in [0.29, 0.717) is 5.75 Å². The highest BCUT2D eigenvalue weighted by atomic mass is 32.2. The first kappa shape index (κ1) is 18.3. The van der Waals surface area contributed by atoms with Gasteiger partial charge in [0.25, 0.3) is 5.91 Å². The molecule has 1 aromatic rings. The average molecular weight is 355 g/mol. The fraction of sp³-hybridized carbons (Fsp3) is 0.647. The lowest BCUT2D eigenvalue weighted by Crippen LogP contribution is -2.51. The summed E-state index contributed by atoms with van der Waals surface area (Å²) in [5.74, 6) is 0.823. The van der Waals surface area contributed by atoms with Crippen LogP contribution in [0.3, 0.4) is 0 Å². The van der Waals surface area contributed by atoms with Crippen LogP contribution in [0.5, 0.6) is 0 Å². The third-order valence-electron chi connectivity index (χ3n) is 3.99. The van der Waals surface area contributed by atoms with Gasteiger partial charge >= 0.3 is 0 Å². The maximum Gasteiger partial charge on any atom is 0.265 e. The summed E-state index contributed by atoms with van der Waals surface area (Å²) in [5, 5.41) is 2.01. The van der Waals surface area contributed by atoms with Gasteiger partial charge in [0.15, 0.2) is 0 Å². The number of amides is 2. The van der Waals surface area contributed by atoms with Crippen molar-refractivity contribution >= 4 is 34.9 Å². The first-order valence-electron chi connectivity index (χ1n) is 8.40. The minimum Gasteiger partial charge on any atom is -0.341 e. The summed E-state index contributed by atoms with van der Waals surface area (Å²) in [4.78, 5) is 30.4. The second-order valence-electron chi connectivity index (χ2n) is 5.73. The quantitative estimate of drug-likeness (QED) is 0.750. The molecule has 2 rings (SSSR count). The van der Waals surface area contributed by atoms with Crippen molar-refractivity contribution in [2.75, 3.05) is 18.8 Å². The zero-order valence-electron chi connectivity index (χ0n) is 14.2. The molecule has 1 aromatic heterocycles. The molecule has 0 N–H and O–H groups in total. The molecular weight excluding hydrogens is 328 g/mol. The number of rotatable bonds is 7. The van der Waals surface area contributed by atoms with Crippen LogP contribution in [0.1, 0.15) is 49.7 Å². The minimum absolute atomic E-state index is 0.00291. The predicted molar refractivity (Wildman–Crippen MR) is 98.0 cm³/mol. The number of hydrogen-bond acceptors (Lipinski definition) is 4. The molecular formula is C17H26N2O2S2. The molecule has 2 heterocycles. The van der Waals surface area contributed by atoms with Crippen molar-refractivity contribution in [3.63, 3.8) is 0 Å². The molecule has 1 aliphatic heterocycles. The molecule has 4 nitrogen and oxygen atoms in total. The molecule has 1 fully saturated rings. The molecule has 6 heteroatoms. The monoisotopic (exact) mass is 354 g/mol. The van der Waals surface area contributed by atoms with Gasteiger partial charge in [-0.15, -0.1) is 23.1 Å². The van der Waals surface area contributed by atoms with E-state index in [9.17, 15) is 9.59 Å². The van der Waals surface area contributed by atoms with Crippen LogP contribution < -0.4 is 0 Å². The van der Waals surface area contributed by atoms with Crippen LogP contribution in [0.25, 0.3) is 0 Å². The van der Waals surface area contributed by atoms with Crippen LogP contribution in [-0.4, -0.2) is 51.9 Å². The molecule has 0 radical (unpaired) electrons. The normalized spacial score (nSPS) is 20.7. The Hall–Kier alpha value is -1.01. The number of carbonyl (C=O) groups is 2. The topological polar surface area (TPSA) is 40.6 Å². The maximum atomic E-state index is 13.0. The zero-order valence-corrected chi connectivity index (χ0v) is 15.8. The summed E-state index contributed by atoms with van der Waals surface area (Å²) < 4.78 is 0. The Morgan fingerprint density at radius 2 is 1.96 bits per heavy atom. The summed E-state index contributed by atoms with van der Waals surface area (Å²) in [6, 6.07) is 3.41. The van der Waals surface area contributed by atoms with Gasteiger partial charge in [-0.3, -0.25) is 9.59 Å². The van der Waals surface area contributed by atoms with Gasteiger partial charge in [0.05, 0.1) is 10.3 Å². The lowest BCUT2D eigenvalue weighted by atomic mass is 10.2. The highest BCUT2D eigenvalue weighted by molar-refractivity contribution is 8.00. The molecule has 1 aliphatic rings. The lowest BCUT2D eigenvalue weighted by Gasteiger charge is -2.32. The summed E-state index contributed by atoms with van der Waals surface area (Å²) in [5.41, 5.74) is 0. The molecule has 1 saturated heterocycles. The number of nitrogens with zero attached hydrogens (tertiary/aromatic N) is 2. The van der Waals surface area contributed by atoms with E-state index in [2.05, 4.69) is 20.8 Å². The van der Waals surface area contributed by atoms with Gasteiger partial charge in [-0.25, -0.2) is 0 Å². The maximum absolute atomic E-state index is 13.0. The Morgan fingerprint density at radius 3 is 2.48 bits per heavy atom. The Balaban J connectivity index is 2.21. The smallest absolute Gasteiger partial charge is 0.265 e. The van der Waals surface area contributed by atoms with Crippen molar-refractivity contribution in [3.8, 4) is 0 Å². The van der Waals surface area contributed by atoms with Gasteiger partial charge < -0.3 is 9.80 Å². The third kappa shape index (κ3) is 4.10. The van der Waals surface area contributed by atoms with E-state index in [4.69, 9.17) is 0 Å². The highest BCUT2D eigenvalue weighted by Gasteiger charge is 2.42. The van der Waals surface area contributed by atoms with Crippen molar-refractivity contribution in [1.29, 1.82) is 0 Å². The second-order valence-corrected chi connectivity index (χ2v) is 7.89. The van der Waals surface area contributed by atoms with E-state index in [1.807, 2.05) is 27.3 Å². The van der Waals surface area contributed by atoms with Gasteiger partial charge in [-0.2, -0.15) is 0 Å². The van der Waals surface area contributed by atoms with E-state index in [0.717, 1.165) is 37.2 Å². The average Bonchev–Trinajstić information content (AvgIpc) is 3.22. The van der Waals surface area contributed by atoms with Crippen LogP contribution in [0.15, 0.2) is 17.5 Å². The van der Waals surface area contributed by atoms with Crippen LogP contribution in [0.4, 0.5) is 0 Å². The van der Waals surface area contributed by atoms with Crippen molar-refractivity contribution in [1.82, 2.24) is 9.80 Å². The van der Waals surface area contributed by atoms with Crippen molar-refractivity contribution < 1.29 is 9.59 Å². The largest absolute Gasteiger partial charge is 0.341 e. The van der Waals surface area contributed by atoms with E-state index in [-0.39, 0.29) is 23.2 Å². The molecule has 0 bridgehead atoms. The van der Waals surface area contributed by atoms with E-state index in [1.54, 1.807) is 11.8 Å². The molecule has 0 aromatic carbocycles. The summed E-state index contributed by atoms with van der Waals surface area (Å²) >= 11 is 3.18. The van der Waals surface area contributed by atoms with Crippen LogP contribution in [-0.2, 0) is 4.79 Å². The standard InChI is InChI=1S/C17H26N2O2S2/c1-4-9-18(10-5-2)16(20)13-12-23-15(6-3)19(13)17(21)14-8-7-11-22-14/h7-8,11,13,15H,4-6,9-10,12H2,1-3H3. The molecule has 0 spiro atoms. The van der Waals surface area contributed by atoms with E-state index in [1.165, 1.54) is 11.3 Å². The van der Waals surface area contributed by atoms with E-state index < -0.39 is 0 Å². The summed E-state index contributed by atoms with van der Waals surface area (Å²) in [6.45, 7) is 7.79. The molecule has 2 atom stereocenters. The summed E-state index contributed by atoms with van der Waals surface area (Å²) in [7, 11) is 0. The Labute approximate surface area is 147 Å². The first-order chi connectivity index (χ1) is 11.1. The van der Waals surface area contributed by atoms with Gasteiger partial charge in [0.2, 0.25) is 5.91 Å². The molecule has 23 heavy (non-hydrogen) atoms. The van der Waals surface area contributed by atoms with Gasteiger partial charge in [0, 0.05) is 18.8 Å². The summed E-state index contributed by atoms with van der Waals surface area (Å²) in [6.07, 6.45) is 2.76. The zero-order chi connectivity index (χ0) is 16.8. The van der Waals surface area contributed by atoms with E-state index >= 15 is 0 Å². The predicted octanol–water partition coefficient (Wildman–Crippen LogP) is 3.69. The Kier molecular flexibility index (Phi) is 6.96. The Bertz CT molecular complexity index is 513. The van der Waals surface area contributed by atoms with Gasteiger partial charge in [-0.05, 0) is 30.7 Å². The number of carbonyl (C=O) groups excluding carboxylic acids is 2. The highest BCUT2D eigenvalue weighted by Crippen LogP contribution is 2.34. The van der Waals surface area contributed by atoms with Crippen LogP contribution >= 0.6 is 23.1 Å². The lowest BCUT2D eigenvalue weighted by molar-refractivity contribution is -0.135. The molecule has 0 saturated carbocycles. The Morgan fingerprint density at radius 1 is 1.26 bits per heavy atom. The molecule has 0 aliphatic carbocycles. The fourth-order valence-corrected chi connectivity index (χ4v) is 4.96. The van der Waals surface area contributed by atoms with Crippen LogP contribution in [0, 0.1) is 0 Å². The fourth-order valence-electron chi connectivity index (χ4n) is 2.95. The number of thioether (sulfide) groups is 1. The number of thiophene rings is 1. The second kappa shape index (κ2) is 8.73.